The molecule has 0 saturated heterocycles. The van der Waals surface area contributed by atoms with Crippen molar-refractivity contribution in [3.8, 4) is 11.8 Å². The van der Waals surface area contributed by atoms with Crippen molar-refractivity contribution in [2.24, 2.45) is 0 Å². The number of rotatable bonds is 5. The van der Waals surface area contributed by atoms with Crippen molar-refractivity contribution >= 4 is 0 Å². The fourth-order valence-electron chi connectivity index (χ4n) is 1.29. The highest BCUT2D eigenvalue weighted by atomic mass is 16.5. The van der Waals surface area contributed by atoms with Crippen LogP contribution in [0.25, 0.3) is 0 Å². The minimum atomic E-state index is -0.0508. The molecule has 15 heavy (non-hydrogen) atoms. The smallest absolute Gasteiger partial charge is 0.119 e. The molecule has 1 unspecified atom stereocenters. The molecule has 1 N–H and O–H groups in total. The number of hydrogen-bond acceptors (Lipinski definition) is 3. The van der Waals surface area contributed by atoms with E-state index in [4.69, 9.17) is 10.00 Å². The van der Waals surface area contributed by atoms with Crippen LogP contribution in [0, 0.1) is 11.3 Å². The van der Waals surface area contributed by atoms with Gasteiger partial charge in [0.05, 0.1) is 12.5 Å². The predicted octanol–water partition coefficient (Wildman–Crippen LogP) is 2.09. The summed E-state index contributed by atoms with van der Waals surface area (Å²) in [4.78, 5) is 0. The number of hydrogen-bond donors (Lipinski definition) is 1. The number of benzene rings is 1. The zero-order chi connectivity index (χ0) is 11.1. The average Bonchev–Trinajstić information content (AvgIpc) is 2.22. The van der Waals surface area contributed by atoms with Gasteiger partial charge in [-0.25, -0.2) is 0 Å². The van der Waals surface area contributed by atoms with E-state index in [1.165, 1.54) is 5.56 Å². The summed E-state index contributed by atoms with van der Waals surface area (Å²) >= 11 is 0. The van der Waals surface area contributed by atoms with Gasteiger partial charge >= 0.3 is 0 Å². The van der Waals surface area contributed by atoms with Gasteiger partial charge in [0.1, 0.15) is 11.9 Å². The zero-order valence-electron chi connectivity index (χ0n) is 9.16. The molecule has 0 radical (unpaired) electrons. The van der Waals surface area contributed by atoms with Crippen LogP contribution in [0.3, 0.4) is 0 Å². The lowest BCUT2D eigenvalue weighted by Crippen LogP contribution is -2.10. The molecular formula is C12H16N2O. The third kappa shape index (κ3) is 4.01. The molecule has 80 valence electrons. The van der Waals surface area contributed by atoms with Crippen molar-refractivity contribution in [1.82, 2.24) is 5.32 Å². The molecule has 1 atom stereocenters. The Morgan fingerprint density at radius 2 is 2.07 bits per heavy atom. The number of nitrogens with zero attached hydrogens (tertiary/aromatic N) is 1. The Balaban J connectivity index is 2.53. The van der Waals surface area contributed by atoms with Gasteiger partial charge in [0.25, 0.3) is 0 Å². The summed E-state index contributed by atoms with van der Waals surface area (Å²) < 4.78 is 5.54. The maximum absolute atomic E-state index is 8.49. The van der Waals surface area contributed by atoms with Crippen molar-refractivity contribution in [1.29, 1.82) is 5.26 Å². The van der Waals surface area contributed by atoms with Crippen LogP contribution in [0.2, 0.25) is 0 Å². The second-order valence-corrected chi connectivity index (χ2v) is 3.46. The fourth-order valence-corrected chi connectivity index (χ4v) is 1.29. The molecule has 0 amide bonds. The molecule has 0 aliphatic rings. The topological polar surface area (TPSA) is 45.0 Å². The van der Waals surface area contributed by atoms with E-state index in [-0.39, 0.29) is 6.10 Å². The third-order valence-corrected chi connectivity index (χ3v) is 2.02. The van der Waals surface area contributed by atoms with Crippen LogP contribution in [0.15, 0.2) is 24.3 Å². The van der Waals surface area contributed by atoms with Crippen LogP contribution < -0.4 is 10.1 Å². The van der Waals surface area contributed by atoms with E-state index in [1.54, 1.807) is 0 Å². The number of nitrogens with one attached hydrogen (secondary N) is 1. The van der Waals surface area contributed by atoms with Crippen LogP contribution in [0.4, 0.5) is 0 Å². The highest BCUT2D eigenvalue weighted by Gasteiger charge is 2.02. The maximum atomic E-state index is 8.49. The Bertz CT molecular complexity index is 326. The van der Waals surface area contributed by atoms with E-state index in [0.717, 1.165) is 12.3 Å². The second-order valence-electron chi connectivity index (χ2n) is 3.46. The van der Waals surface area contributed by atoms with E-state index < -0.39 is 0 Å². The second kappa shape index (κ2) is 6.05. The summed E-state index contributed by atoms with van der Waals surface area (Å²) in [5.41, 5.74) is 1.22. The minimum absolute atomic E-state index is 0.0508. The summed E-state index contributed by atoms with van der Waals surface area (Å²) in [5.74, 6) is 0.817. The third-order valence-electron chi connectivity index (χ3n) is 2.02. The van der Waals surface area contributed by atoms with Gasteiger partial charge in [-0.05, 0) is 31.7 Å². The normalized spacial score (nSPS) is 11.8. The lowest BCUT2D eigenvalue weighted by Gasteiger charge is -2.11. The van der Waals surface area contributed by atoms with Crippen molar-refractivity contribution in [2.45, 2.75) is 26.0 Å². The van der Waals surface area contributed by atoms with E-state index in [9.17, 15) is 0 Å². The summed E-state index contributed by atoms with van der Waals surface area (Å²) in [6.45, 7) is 2.75. The molecular weight excluding hydrogens is 188 g/mol. The molecule has 0 fully saturated rings. The van der Waals surface area contributed by atoms with Crippen LogP contribution in [0.1, 0.15) is 18.9 Å². The van der Waals surface area contributed by atoms with E-state index in [2.05, 4.69) is 11.4 Å². The number of nitriles is 1. The van der Waals surface area contributed by atoms with E-state index in [1.807, 2.05) is 38.2 Å². The summed E-state index contributed by atoms with van der Waals surface area (Å²) in [7, 11) is 1.92. The van der Waals surface area contributed by atoms with Crippen LogP contribution >= 0.6 is 0 Å². The molecule has 0 spiro atoms. The van der Waals surface area contributed by atoms with Crippen LogP contribution in [0.5, 0.6) is 5.75 Å². The van der Waals surface area contributed by atoms with Gasteiger partial charge in [-0.2, -0.15) is 5.26 Å². The molecule has 1 aromatic rings. The van der Waals surface area contributed by atoms with Gasteiger partial charge in [0, 0.05) is 6.54 Å². The first-order valence-electron chi connectivity index (χ1n) is 5.03. The summed E-state index contributed by atoms with van der Waals surface area (Å²) in [6, 6.07) is 9.98. The Hall–Kier alpha value is -1.53. The Morgan fingerprint density at radius 1 is 1.40 bits per heavy atom. The van der Waals surface area contributed by atoms with Crippen molar-refractivity contribution in [3.63, 3.8) is 0 Å². The molecule has 0 heterocycles. The minimum Gasteiger partial charge on any atom is -0.490 e. The fraction of sp³-hybridized carbons (Fsp3) is 0.417. The lowest BCUT2D eigenvalue weighted by atomic mass is 10.2. The highest BCUT2D eigenvalue weighted by molar-refractivity contribution is 5.27. The Labute approximate surface area is 90.7 Å². The monoisotopic (exact) mass is 204 g/mol. The maximum Gasteiger partial charge on any atom is 0.119 e. The van der Waals surface area contributed by atoms with Crippen LogP contribution in [-0.2, 0) is 6.54 Å². The molecule has 3 nitrogen and oxygen atoms in total. The van der Waals surface area contributed by atoms with Gasteiger partial charge < -0.3 is 10.1 Å². The molecule has 0 aliphatic carbocycles. The highest BCUT2D eigenvalue weighted by Crippen LogP contribution is 2.14. The molecule has 1 rings (SSSR count). The molecule has 0 aromatic heterocycles. The van der Waals surface area contributed by atoms with Gasteiger partial charge in [-0.1, -0.05) is 12.1 Å². The predicted molar refractivity (Wildman–Crippen MR) is 59.5 cm³/mol. The Kier molecular flexibility index (Phi) is 4.65. The average molecular weight is 204 g/mol. The number of ether oxygens (including phenoxy) is 1. The first-order valence-corrected chi connectivity index (χ1v) is 5.03. The van der Waals surface area contributed by atoms with Crippen molar-refractivity contribution in [2.75, 3.05) is 7.05 Å². The quantitative estimate of drug-likeness (QED) is 0.798. The molecule has 0 saturated carbocycles. The summed E-state index contributed by atoms with van der Waals surface area (Å²) in [6.07, 6.45) is 0.364. The van der Waals surface area contributed by atoms with Crippen LogP contribution in [-0.4, -0.2) is 13.2 Å². The van der Waals surface area contributed by atoms with Gasteiger partial charge in [-0.3, -0.25) is 0 Å². The van der Waals surface area contributed by atoms with Crippen molar-refractivity contribution in [3.05, 3.63) is 29.8 Å². The Morgan fingerprint density at radius 3 is 2.60 bits per heavy atom. The molecule has 3 heteroatoms. The molecule has 0 bridgehead atoms. The molecule has 1 aromatic carbocycles. The van der Waals surface area contributed by atoms with E-state index >= 15 is 0 Å². The van der Waals surface area contributed by atoms with E-state index in [0.29, 0.717) is 6.42 Å². The zero-order valence-corrected chi connectivity index (χ0v) is 9.16. The molecule has 0 aliphatic heterocycles. The summed E-state index contributed by atoms with van der Waals surface area (Å²) in [5, 5.41) is 11.6. The lowest BCUT2D eigenvalue weighted by molar-refractivity contribution is 0.227. The SMILES string of the molecule is CNCc1ccc(OC(C)CC#N)cc1. The van der Waals surface area contributed by atoms with Gasteiger partial charge in [-0.15, -0.1) is 0 Å². The first-order chi connectivity index (χ1) is 7.26. The van der Waals surface area contributed by atoms with Crippen molar-refractivity contribution < 1.29 is 4.74 Å². The van der Waals surface area contributed by atoms with Gasteiger partial charge in [0.15, 0.2) is 0 Å². The first kappa shape index (κ1) is 11.5. The van der Waals surface area contributed by atoms with Gasteiger partial charge in [0.2, 0.25) is 0 Å². The largest absolute Gasteiger partial charge is 0.490 e. The standard InChI is InChI=1S/C12H16N2O/c1-10(7-8-13)15-12-5-3-11(4-6-12)9-14-2/h3-6,10,14H,7,9H2,1-2H3.